The monoisotopic (exact) mass is 336 g/mol. The molecule has 0 fully saturated rings. The van der Waals surface area contributed by atoms with Gasteiger partial charge in [0, 0.05) is 5.02 Å². The Balaban J connectivity index is 2.89. The predicted molar refractivity (Wildman–Crippen MR) is 87.1 cm³/mol. The lowest BCUT2D eigenvalue weighted by Crippen LogP contribution is -2.25. The predicted octanol–water partition coefficient (Wildman–Crippen LogP) is 6.33. The Morgan fingerprint density at radius 2 is 1.37 bits per heavy atom. The summed E-state index contributed by atoms with van der Waals surface area (Å²) in [6.45, 7) is 8.87. The Morgan fingerprint density at radius 1 is 0.947 bits per heavy atom. The van der Waals surface area contributed by atoms with Gasteiger partial charge in [-0.2, -0.15) is 0 Å². The van der Waals surface area contributed by atoms with E-state index in [2.05, 4.69) is 27.7 Å². The van der Waals surface area contributed by atoms with Gasteiger partial charge in [0.25, 0.3) is 0 Å². The Morgan fingerprint density at radius 3 is 1.74 bits per heavy atom. The highest BCUT2D eigenvalue weighted by Gasteiger charge is 2.27. The normalized spacial score (nSPS) is 11.2. The summed E-state index contributed by atoms with van der Waals surface area (Å²) in [6.07, 6.45) is 0. The van der Waals surface area contributed by atoms with E-state index < -0.39 is 14.5 Å². The molecule has 106 valence electrons. The van der Waals surface area contributed by atoms with Crippen LogP contribution in [0.1, 0.15) is 27.7 Å². The van der Waals surface area contributed by atoms with Crippen molar-refractivity contribution in [2.24, 2.45) is 11.8 Å². The first-order chi connectivity index (χ1) is 8.79. The fourth-order valence-corrected chi connectivity index (χ4v) is 6.18. The van der Waals surface area contributed by atoms with Crippen LogP contribution in [0.25, 0.3) is 0 Å². The third kappa shape index (κ3) is 6.15. The van der Waals surface area contributed by atoms with Crippen LogP contribution in [0, 0.1) is 11.8 Å². The van der Waals surface area contributed by atoms with Crippen molar-refractivity contribution >= 4 is 49.3 Å². The number of rotatable bonds is 6. The Labute approximate surface area is 135 Å². The molecule has 0 aromatic heterocycles. The van der Waals surface area contributed by atoms with Gasteiger partial charge in [-0.3, -0.25) is 0 Å². The van der Waals surface area contributed by atoms with Crippen LogP contribution < -0.4 is 3.79 Å². The van der Waals surface area contributed by atoms with Crippen molar-refractivity contribution < 1.29 is 3.79 Å². The largest absolute Gasteiger partial charge is 0.640 e. The molecule has 19 heavy (non-hydrogen) atoms. The van der Waals surface area contributed by atoms with Gasteiger partial charge < -0.3 is 3.79 Å². The van der Waals surface area contributed by atoms with Crippen molar-refractivity contribution in [1.82, 2.24) is 0 Å². The molecule has 1 aromatic rings. The number of hydrogen-bond acceptors (Lipinski definition) is 1. The summed E-state index contributed by atoms with van der Waals surface area (Å²) in [6, 6.07) is 3.36. The van der Waals surface area contributed by atoms with Gasteiger partial charge >= 0.3 is 14.5 Å². The minimum absolute atomic E-state index is 0.502. The van der Waals surface area contributed by atoms with Crippen molar-refractivity contribution in [3.8, 4) is 5.75 Å². The second-order valence-corrected chi connectivity index (χ2v) is 9.37. The molecule has 0 aliphatic heterocycles. The Kier molecular flexibility index (Phi) is 7.37. The van der Waals surface area contributed by atoms with Crippen LogP contribution in [-0.4, -0.2) is 14.5 Å². The molecule has 0 heterocycles. The van der Waals surface area contributed by atoms with Crippen LogP contribution in [0.4, 0.5) is 0 Å². The van der Waals surface area contributed by atoms with E-state index in [9.17, 15) is 0 Å². The summed E-state index contributed by atoms with van der Waals surface area (Å²) in [7, 11) is 0. The first-order valence-corrected chi connectivity index (χ1v) is 9.84. The van der Waals surface area contributed by atoms with Crippen LogP contribution in [0.5, 0.6) is 5.75 Å². The van der Waals surface area contributed by atoms with Gasteiger partial charge in [-0.15, -0.1) is 0 Å². The summed E-state index contributed by atoms with van der Waals surface area (Å²) in [4.78, 5) is 0. The molecule has 1 rings (SSSR count). The van der Waals surface area contributed by atoms with Crippen molar-refractivity contribution in [1.29, 1.82) is 0 Å². The third-order valence-corrected chi connectivity index (χ3v) is 7.00. The summed E-state index contributed by atoms with van der Waals surface area (Å²) >= 11 is 16.9. The summed E-state index contributed by atoms with van der Waals surface area (Å²) in [5, 5.41) is 3.78. The third-order valence-electron chi connectivity index (χ3n) is 2.72. The van der Waals surface area contributed by atoms with Crippen LogP contribution in [0.3, 0.4) is 0 Å². The average molecular weight is 338 g/mol. The highest BCUT2D eigenvalue weighted by Crippen LogP contribution is 2.37. The molecular weight excluding hydrogens is 317 g/mol. The van der Waals surface area contributed by atoms with E-state index in [1.807, 2.05) is 0 Å². The van der Waals surface area contributed by atoms with Gasteiger partial charge in [-0.25, -0.2) is 0 Å². The Hall–Kier alpha value is 0.422. The zero-order valence-electron chi connectivity index (χ0n) is 11.8. The second-order valence-electron chi connectivity index (χ2n) is 5.70. The minimum atomic E-state index is -1.36. The molecule has 0 radical (unpaired) electrons. The highest BCUT2D eigenvalue weighted by atomic mass is 35.5. The summed E-state index contributed by atoms with van der Waals surface area (Å²) < 4.78 is 6.17. The van der Waals surface area contributed by atoms with E-state index in [0.29, 0.717) is 32.7 Å². The molecular formula is C14H20AlCl3O. The van der Waals surface area contributed by atoms with Crippen LogP contribution >= 0.6 is 34.8 Å². The topological polar surface area (TPSA) is 9.23 Å². The minimum Gasteiger partial charge on any atom is -0.640 e. The smallest absolute Gasteiger partial charge is 0.547 e. The summed E-state index contributed by atoms with van der Waals surface area (Å²) in [5.74, 6) is 1.85. The van der Waals surface area contributed by atoms with E-state index in [4.69, 9.17) is 38.6 Å². The molecule has 0 saturated carbocycles. The van der Waals surface area contributed by atoms with Gasteiger partial charge in [0.05, 0.1) is 10.0 Å². The molecule has 0 atom stereocenters. The van der Waals surface area contributed by atoms with Gasteiger partial charge in [-0.1, -0.05) is 84.9 Å². The van der Waals surface area contributed by atoms with Crippen molar-refractivity contribution in [3.63, 3.8) is 0 Å². The SMILES string of the molecule is CC(C)[CH2][Al]([CH2]C(C)C)[O]c1c(Cl)cc(Cl)cc1Cl. The molecule has 5 heteroatoms. The van der Waals surface area contributed by atoms with E-state index >= 15 is 0 Å². The maximum atomic E-state index is 6.18. The quantitative estimate of drug-likeness (QED) is 0.551. The van der Waals surface area contributed by atoms with Crippen LogP contribution in [-0.2, 0) is 0 Å². The molecule has 0 saturated heterocycles. The van der Waals surface area contributed by atoms with Gasteiger partial charge in [0.2, 0.25) is 0 Å². The molecule has 1 aromatic carbocycles. The molecule has 0 N–H and O–H groups in total. The van der Waals surface area contributed by atoms with Crippen LogP contribution in [0.2, 0.25) is 25.6 Å². The molecule has 0 aliphatic rings. The lowest BCUT2D eigenvalue weighted by atomic mass is 10.3. The Bertz CT molecular complexity index is 388. The van der Waals surface area contributed by atoms with Crippen molar-refractivity contribution in [2.75, 3.05) is 0 Å². The maximum absolute atomic E-state index is 6.18. The molecule has 0 spiro atoms. The fourth-order valence-electron chi connectivity index (χ4n) is 2.05. The second kappa shape index (κ2) is 8.01. The molecule has 0 aliphatic carbocycles. The summed E-state index contributed by atoms with van der Waals surface area (Å²) in [5.41, 5.74) is 0. The number of benzene rings is 1. The van der Waals surface area contributed by atoms with Gasteiger partial charge in [0.1, 0.15) is 5.75 Å². The van der Waals surface area contributed by atoms with Crippen molar-refractivity contribution in [3.05, 3.63) is 27.2 Å². The number of halogens is 3. The number of hydrogen-bond donors (Lipinski definition) is 0. The highest BCUT2D eigenvalue weighted by molar-refractivity contribution is 6.53. The average Bonchev–Trinajstić information content (AvgIpc) is 2.21. The van der Waals surface area contributed by atoms with E-state index in [0.717, 1.165) is 10.6 Å². The zero-order chi connectivity index (χ0) is 14.6. The molecule has 0 bridgehead atoms. The van der Waals surface area contributed by atoms with E-state index in [1.165, 1.54) is 0 Å². The van der Waals surface area contributed by atoms with E-state index in [1.54, 1.807) is 12.1 Å². The van der Waals surface area contributed by atoms with E-state index in [-0.39, 0.29) is 0 Å². The van der Waals surface area contributed by atoms with Crippen LogP contribution in [0.15, 0.2) is 12.1 Å². The molecule has 0 amide bonds. The lowest BCUT2D eigenvalue weighted by Gasteiger charge is -2.20. The molecule has 1 nitrogen and oxygen atoms in total. The standard InChI is InChI=1S/C6H3Cl3O.2C4H9.Al/c7-3-1-4(8)6(10)5(9)2-3;2*1-4(2)3;/h1-2,10H;2*4H,1H2,2-3H3;/q;;;+1/p-1. The van der Waals surface area contributed by atoms with Gasteiger partial charge in [-0.05, 0) is 12.1 Å². The fraction of sp³-hybridized carbons (Fsp3) is 0.571. The first kappa shape index (κ1) is 17.5. The lowest BCUT2D eigenvalue weighted by molar-refractivity contribution is 0.527. The first-order valence-electron chi connectivity index (χ1n) is 6.60. The van der Waals surface area contributed by atoms with Gasteiger partial charge in [0.15, 0.2) is 0 Å². The molecule has 0 unspecified atom stereocenters. The van der Waals surface area contributed by atoms with Crippen molar-refractivity contribution in [2.45, 2.75) is 38.3 Å². The maximum Gasteiger partial charge on any atom is 0.547 e. The zero-order valence-corrected chi connectivity index (χ0v) is 15.3.